The van der Waals surface area contributed by atoms with Gasteiger partial charge in [0.15, 0.2) is 50.1 Å². The zero-order chi connectivity index (χ0) is 91.7. The molecule has 7 aromatic carbocycles. The summed E-state index contributed by atoms with van der Waals surface area (Å²) in [6.45, 7) is 3.25. The molecule has 4 amide bonds. The molecule has 8 heterocycles. The van der Waals surface area contributed by atoms with Crippen LogP contribution in [0.15, 0.2) is 167 Å². The van der Waals surface area contributed by atoms with E-state index in [1.54, 1.807) is 89.6 Å². The number of quaternary nitrogens is 1. The minimum absolute atomic E-state index is 0.0215. The van der Waals surface area contributed by atoms with Crippen LogP contribution in [0.3, 0.4) is 0 Å². The molecule has 38 nitrogen and oxygen atoms in total. The number of carbonyl (C=O) groups is 5. The van der Waals surface area contributed by atoms with Crippen LogP contribution >= 0.6 is 0 Å². The lowest BCUT2D eigenvalue weighted by atomic mass is 9.99. The first-order valence-corrected chi connectivity index (χ1v) is 44.7. The first-order chi connectivity index (χ1) is 62.4. The molecule has 3 aromatic heterocycles. The minimum atomic E-state index is -5.11. The third-order valence-electron chi connectivity index (χ3n) is 22.6. The highest BCUT2D eigenvalue weighted by molar-refractivity contribution is 7.91. The molecule has 0 aliphatic carbocycles. The molecule has 0 radical (unpaired) electrons. The van der Waals surface area contributed by atoms with Gasteiger partial charge in [0, 0.05) is 104 Å². The van der Waals surface area contributed by atoms with E-state index in [9.17, 15) is 61.2 Å². The molecule has 40 heteroatoms. The average Bonchev–Trinajstić information content (AvgIpc) is 1.65. The molecule has 5 aliphatic heterocycles. The van der Waals surface area contributed by atoms with Crippen molar-refractivity contribution in [3.8, 4) is 40.2 Å². The number of methoxy groups -OCH3 is 2. The second kappa shape index (κ2) is 40.0. The van der Waals surface area contributed by atoms with Crippen LogP contribution in [-0.4, -0.2) is 251 Å². The molecule has 0 saturated carbocycles. The summed E-state index contributed by atoms with van der Waals surface area (Å²) in [4.78, 5) is 90.2. The number of hydrogen-bond donors (Lipinski definition) is 6. The second-order valence-corrected chi connectivity index (χ2v) is 35.8. The quantitative estimate of drug-likeness (QED) is 0.0114. The van der Waals surface area contributed by atoms with Crippen LogP contribution in [-0.2, 0) is 119 Å². The van der Waals surface area contributed by atoms with Gasteiger partial charge in [0.25, 0.3) is 23.6 Å². The SMILES string of the molecule is COc1cc2c(cc1OCc1cc(COc3cc4c(cc3OC)C(=O)N3Cc5ncn(C)c5C[C@H]3C=N4)cc(C[N+](C)(C)Cc3ccc(OS(=O)(=O)Oc4cc(C(=O)NCCOCCn5cc(COCCOCNC(=O)c6ccc(C(=O)CCS(=O)(=O)c7ccc(C)cc7)cc6)nn5)ccc4OC4O[C@H](CO)[C@H](O)[C@H](O)[C@H]4O)cc3)c1)N=C[C@@H]1Cc3c(ncn3C)CN1C2=O. The lowest BCUT2D eigenvalue weighted by Gasteiger charge is -2.39. The third-order valence-corrected chi connectivity index (χ3v) is 25.1. The zero-order valence-electron chi connectivity index (χ0n) is 72.2. The number of sulfone groups is 1. The monoisotopic (exact) mass is 1820 g/mol. The molecule has 1 fully saturated rings. The second-order valence-electron chi connectivity index (χ2n) is 32.5. The lowest BCUT2D eigenvalue weighted by molar-refractivity contribution is -0.916. The Kier molecular flexibility index (Phi) is 28.3. The summed E-state index contributed by atoms with van der Waals surface area (Å²) in [5.74, 6) is -2.19. The Bertz CT molecular complexity index is 5980. The smallest absolute Gasteiger partial charge is 0.493 e. The number of aliphatic hydroxyl groups excluding tert-OH is 4. The van der Waals surface area contributed by atoms with Crippen LogP contribution in [0.5, 0.6) is 40.2 Å². The maximum Gasteiger partial charge on any atom is 0.501 e. The standard InChI is InChI=1S/C90H98N14O24S2/c1-54-8-19-66(20-9-54)129(114,115)29-22-75(106)59-12-14-60(15-13-59)86(110)96-53-122-28-27-121-50-62-42-101(98-97-62)24-26-120-25-23-91-87(111)61-16-21-76(125-90-85(109)84(108)83(107)82(47-105)126-90)81(33-61)128-130(116,117)127-65-17-10-55(11-18-65)45-104(4,5)46-56-30-57(48-123-79-38-69-67(36-77(79)118-6)88(112)102-43-71-73(99(2)51-94-71)34-63(102)40-92-69)32-58(31-56)49-124-80-39-70-68(37-78(80)119-7)89(113)103-44-72-74(100(3)52-95-72)35-64(103)41-93-70/h8-21,30-33,36-42,51-52,63-64,82-85,90,105,107-109H,22-29,34-35,43-50,53H2,1-7H3,(H-,91,96,110,111)/p+1/t63-,64-,82+,83-,84-,85+,90?/m0/s1. The first-order valence-electron chi connectivity index (χ1n) is 41.7. The summed E-state index contributed by atoms with van der Waals surface area (Å²) in [5, 5.41) is 55.5. The molecule has 5 aliphatic rings. The van der Waals surface area contributed by atoms with Crippen molar-refractivity contribution in [3.63, 3.8) is 0 Å². The van der Waals surface area contributed by atoms with Gasteiger partial charge < -0.3 is 105 Å². The Balaban J connectivity index is 0.553. The molecule has 0 spiro atoms. The number of carbonyl (C=O) groups excluding carboxylic acids is 5. The molecule has 1 saturated heterocycles. The van der Waals surface area contributed by atoms with Crippen molar-refractivity contribution in [1.82, 2.24) is 54.5 Å². The fourth-order valence-electron chi connectivity index (χ4n) is 15.7. The number of ether oxygens (including phenoxy) is 9. The molecular weight excluding hydrogens is 1730 g/mol. The van der Waals surface area contributed by atoms with E-state index in [4.69, 9.17) is 61.0 Å². The number of Topliss-reactive ketones (excluding diaryl/α,β-unsaturated/α-hetero) is 1. The van der Waals surface area contributed by atoms with Crippen molar-refractivity contribution in [3.05, 3.63) is 236 Å². The fraction of sp³-hybridized carbons (Fsp3) is 0.367. The predicted octanol–water partition coefficient (Wildman–Crippen LogP) is 5.87. The van der Waals surface area contributed by atoms with Crippen LogP contribution in [0, 0.1) is 6.92 Å². The number of amides is 4. The van der Waals surface area contributed by atoms with E-state index in [1.165, 1.54) is 73.5 Å². The highest BCUT2D eigenvalue weighted by atomic mass is 32.3. The summed E-state index contributed by atoms with van der Waals surface area (Å²) < 4.78 is 124. The van der Waals surface area contributed by atoms with Crippen molar-refractivity contribution >= 4 is 73.5 Å². The molecule has 1 unspecified atom stereocenters. The number of aromatic nitrogens is 7. The highest BCUT2D eigenvalue weighted by Gasteiger charge is 2.46. The van der Waals surface area contributed by atoms with Gasteiger partial charge in [-0.05, 0) is 115 Å². The number of rotatable bonds is 39. The predicted molar refractivity (Wildman–Crippen MR) is 465 cm³/mol. The van der Waals surface area contributed by atoms with Gasteiger partial charge in [-0.1, -0.05) is 35.0 Å². The normalized spacial score (nSPS) is 18.1. The maximum absolute atomic E-state index is 14.3. The van der Waals surface area contributed by atoms with Crippen LogP contribution in [0.2, 0.25) is 0 Å². The number of aliphatic hydroxyl groups is 4. The lowest BCUT2D eigenvalue weighted by Crippen LogP contribution is -2.60. The van der Waals surface area contributed by atoms with Crippen molar-refractivity contribution in [2.24, 2.45) is 24.1 Å². The summed E-state index contributed by atoms with van der Waals surface area (Å²) in [6, 6.07) is 34.1. The molecule has 684 valence electrons. The molecule has 7 atom stereocenters. The van der Waals surface area contributed by atoms with E-state index in [1.807, 2.05) is 62.4 Å². The summed E-state index contributed by atoms with van der Waals surface area (Å²) in [6.07, 6.45) is 0.846. The van der Waals surface area contributed by atoms with Gasteiger partial charge in [0.05, 0.1) is 163 Å². The Morgan fingerprint density at radius 3 is 1.77 bits per heavy atom. The number of fused-ring (bicyclic) bond motifs is 6. The van der Waals surface area contributed by atoms with Gasteiger partial charge >= 0.3 is 10.4 Å². The van der Waals surface area contributed by atoms with Gasteiger partial charge in [-0.25, -0.2) is 23.1 Å². The Labute approximate surface area is 748 Å². The van der Waals surface area contributed by atoms with E-state index in [-0.39, 0.29) is 135 Å². The van der Waals surface area contributed by atoms with E-state index in [0.29, 0.717) is 94.7 Å². The van der Waals surface area contributed by atoms with Crippen molar-refractivity contribution in [2.45, 2.75) is 126 Å². The van der Waals surface area contributed by atoms with Crippen LogP contribution in [0.4, 0.5) is 11.4 Å². The topological polar surface area (TPSA) is 458 Å². The van der Waals surface area contributed by atoms with Gasteiger partial charge in [0.1, 0.15) is 68.9 Å². The van der Waals surface area contributed by atoms with Gasteiger partial charge in [-0.3, -0.25) is 34.0 Å². The van der Waals surface area contributed by atoms with E-state index in [0.717, 1.165) is 62.7 Å². The van der Waals surface area contributed by atoms with Crippen LogP contribution in [0.1, 0.15) is 114 Å². The number of aryl methyl sites for hydroxylation is 3. The minimum Gasteiger partial charge on any atom is -0.493 e. The number of ketones is 1. The maximum atomic E-state index is 14.3. The Morgan fingerprint density at radius 1 is 0.585 bits per heavy atom. The van der Waals surface area contributed by atoms with Crippen molar-refractivity contribution in [1.29, 1.82) is 0 Å². The van der Waals surface area contributed by atoms with E-state index >= 15 is 0 Å². The van der Waals surface area contributed by atoms with E-state index < -0.39 is 80.9 Å². The zero-order valence-corrected chi connectivity index (χ0v) is 73.8. The number of imidazole rings is 2. The molecule has 10 aromatic rings. The number of hydrogen-bond acceptors (Lipinski definition) is 30. The van der Waals surface area contributed by atoms with Crippen LogP contribution < -0.4 is 42.7 Å². The van der Waals surface area contributed by atoms with Gasteiger partial charge in [0.2, 0.25) is 6.29 Å². The summed E-state index contributed by atoms with van der Waals surface area (Å²) in [7, 11) is 2.14. The largest absolute Gasteiger partial charge is 0.501 e. The van der Waals surface area contributed by atoms with Crippen LogP contribution in [0.25, 0.3) is 0 Å². The fourth-order valence-corrected chi connectivity index (χ4v) is 17.7. The first kappa shape index (κ1) is 91.9. The Hall–Kier alpha value is -12.9. The third kappa shape index (κ3) is 21.8. The van der Waals surface area contributed by atoms with E-state index in [2.05, 4.69) is 30.9 Å². The number of nitrogens with zero attached hydrogens (tertiary/aromatic N) is 12. The van der Waals surface area contributed by atoms with Gasteiger partial charge in [-0.15, -0.1) is 13.5 Å². The number of aliphatic imine (C=N–C) groups is 2. The molecule has 0 bridgehead atoms. The molecule has 6 N–H and O–H groups in total. The number of nitrogens with one attached hydrogen (secondary N) is 2. The molecule has 130 heavy (non-hydrogen) atoms. The van der Waals surface area contributed by atoms with Gasteiger partial charge in [-0.2, -0.15) is 0 Å². The molecular formula is C90H99N14O24S2+. The van der Waals surface area contributed by atoms with Crippen molar-refractivity contribution < 1.29 is 117 Å². The molecule has 15 rings (SSSR count). The average molecular weight is 1820 g/mol. The van der Waals surface area contributed by atoms with Crippen molar-refractivity contribution in [2.75, 3.05) is 80.4 Å². The Morgan fingerprint density at radius 2 is 1.16 bits per heavy atom. The summed E-state index contributed by atoms with van der Waals surface area (Å²) in [5.41, 5.74) is 10.2. The highest BCUT2D eigenvalue weighted by Crippen LogP contribution is 2.42. The number of benzene rings is 7. The summed E-state index contributed by atoms with van der Waals surface area (Å²) >= 11 is 0.